The maximum atomic E-state index is 11.9. The van der Waals surface area contributed by atoms with Crippen LogP contribution in [0.4, 0.5) is 0 Å². The van der Waals surface area contributed by atoms with Gasteiger partial charge in [0.05, 0.1) is 5.25 Å². The van der Waals surface area contributed by atoms with Crippen molar-refractivity contribution in [1.29, 1.82) is 0 Å². The van der Waals surface area contributed by atoms with Crippen molar-refractivity contribution in [2.45, 2.75) is 56.7 Å². The van der Waals surface area contributed by atoms with Crippen LogP contribution in [0.2, 0.25) is 0 Å². The van der Waals surface area contributed by atoms with Gasteiger partial charge in [0.2, 0.25) is 10.0 Å². The van der Waals surface area contributed by atoms with Crippen LogP contribution in [0.15, 0.2) is 0 Å². The van der Waals surface area contributed by atoms with E-state index in [-0.39, 0.29) is 5.25 Å². The molecule has 0 spiro atoms. The average Bonchev–Trinajstić information content (AvgIpc) is 2.16. The zero-order valence-corrected chi connectivity index (χ0v) is 10.4. The lowest BCUT2D eigenvalue weighted by atomic mass is 10.0. The quantitative estimate of drug-likeness (QED) is 0.761. The minimum absolute atomic E-state index is 0.200. The Hall–Kier alpha value is -0.130. The van der Waals surface area contributed by atoms with Crippen LogP contribution in [0.25, 0.3) is 0 Å². The van der Waals surface area contributed by atoms with Crippen molar-refractivity contribution in [3.8, 4) is 0 Å². The number of hydrogen-bond acceptors (Lipinski definition) is 3. The Balaban J connectivity index is 2.51. The van der Waals surface area contributed by atoms with Crippen LogP contribution < -0.4 is 10.5 Å². The Morgan fingerprint density at radius 2 is 1.80 bits per heavy atom. The summed E-state index contributed by atoms with van der Waals surface area (Å²) in [4.78, 5) is 0. The SMILES string of the molecule is CC(C)(N)CNS(=O)(=O)C1CCCCC1. The second-order valence-corrected chi connectivity index (χ2v) is 7.16. The molecule has 0 aliphatic heterocycles. The number of rotatable bonds is 4. The summed E-state index contributed by atoms with van der Waals surface area (Å²) < 4.78 is 26.3. The van der Waals surface area contributed by atoms with E-state index >= 15 is 0 Å². The lowest BCUT2D eigenvalue weighted by Crippen LogP contribution is -2.47. The Bertz CT molecular complexity index is 287. The predicted molar refractivity (Wildman–Crippen MR) is 62.1 cm³/mol. The largest absolute Gasteiger partial charge is 0.324 e. The van der Waals surface area contributed by atoms with Crippen LogP contribution in [0, 0.1) is 0 Å². The molecule has 15 heavy (non-hydrogen) atoms. The fourth-order valence-electron chi connectivity index (χ4n) is 1.78. The maximum absolute atomic E-state index is 11.9. The third-order valence-electron chi connectivity index (χ3n) is 2.72. The molecule has 0 aromatic heterocycles. The summed E-state index contributed by atoms with van der Waals surface area (Å²) in [5, 5.41) is -0.200. The van der Waals surface area contributed by atoms with Gasteiger partial charge < -0.3 is 5.73 Å². The van der Waals surface area contributed by atoms with Crippen LogP contribution in [0.1, 0.15) is 46.0 Å². The zero-order valence-electron chi connectivity index (χ0n) is 9.62. The van der Waals surface area contributed by atoms with E-state index in [1.165, 1.54) is 0 Å². The van der Waals surface area contributed by atoms with E-state index in [1.807, 2.05) is 13.8 Å². The first-order valence-corrected chi connectivity index (χ1v) is 7.13. The zero-order chi connectivity index (χ0) is 11.5. The first-order valence-electron chi connectivity index (χ1n) is 5.59. The second-order valence-electron chi connectivity index (χ2n) is 5.11. The highest BCUT2D eigenvalue weighted by molar-refractivity contribution is 7.90. The van der Waals surface area contributed by atoms with Gasteiger partial charge in [-0.2, -0.15) is 0 Å². The lowest BCUT2D eigenvalue weighted by Gasteiger charge is -2.25. The van der Waals surface area contributed by atoms with Crippen LogP contribution in [0.3, 0.4) is 0 Å². The lowest BCUT2D eigenvalue weighted by molar-refractivity contribution is 0.461. The Morgan fingerprint density at radius 3 is 2.27 bits per heavy atom. The molecule has 0 radical (unpaired) electrons. The molecule has 1 rings (SSSR count). The summed E-state index contributed by atoms with van der Waals surface area (Å²) in [7, 11) is -3.15. The van der Waals surface area contributed by atoms with E-state index in [0.29, 0.717) is 6.54 Å². The summed E-state index contributed by atoms with van der Waals surface area (Å²) in [6, 6.07) is 0. The molecule has 3 N–H and O–H groups in total. The fraction of sp³-hybridized carbons (Fsp3) is 1.00. The van der Waals surface area contributed by atoms with Gasteiger partial charge in [0, 0.05) is 12.1 Å². The van der Waals surface area contributed by atoms with Gasteiger partial charge in [0.1, 0.15) is 0 Å². The van der Waals surface area contributed by atoms with Crippen molar-refractivity contribution >= 4 is 10.0 Å². The first kappa shape index (κ1) is 12.9. The van der Waals surface area contributed by atoms with E-state index < -0.39 is 15.6 Å². The van der Waals surface area contributed by atoms with Crippen molar-refractivity contribution in [3.63, 3.8) is 0 Å². The summed E-state index contributed by atoms with van der Waals surface area (Å²) in [5.41, 5.74) is 5.26. The normalized spacial score (nSPS) is 20.5. The monoisotopic (exact) mass is 234 g/mol. The molecule has 1 aliphatic carbocycles. The molecule has 4 nitrogen and oxygen atoms in total. The smallest absolute Gasteiger partial charge is 0.214 e. The van der Waals surface area contributed by atoms with E-state index in [1.54, 1.807) is 0 Å². The highest BCUT2D eigenvalue weighted by Gasteiger charge is 2.28. The standard InChI is InChI=1S/C10H22N2O2S/c1-10(2,11)8-12-15(13,14)9-6-4-3-5-7-9/h9,12H,3-8,11H2,1-2H3. The molecule has 5 heteroatoms. The maximum Gasteiger partial charge on any atom is 0.214 e. The minimum Gasteiger partial charge on any atom is -0.324 e. The third-order valence-corrected chi connectivity index (χ3v) is 4.62. The van der Waals surface area contributed by atoms with Gasteiger partial charge in [-0.05, 0) is 26.7 Å². The van der Waals surface area contributed by atoms with Gasteiger partial charge in [-0.1, -0.05) is 19.3 Å². The molecule has 0 aromatic carbocycles. The average molecular weight is 234 g/mol. The van der Waals surface area contributed by atoms with Gasteiger partial charge in [-0.15, -0.1) is 0 Å². The van der Waals surface area contributed by atoms with Crippen molar-refractivity contribution in [3.05, 3.63) is 0 Å². The Morgan fingerprint density at radius 1 is 1.27 bits per heavy atom. The summed E-state index contributed by atoms with van der Waals surface area (Å²) >= 11 is 0. The van der Waals surface area contributed by atoms with Crippen molar-refractivity contribution in [2.24, 2.45) is 5.73 Å². The molecule has 0 aromatic rings. The highest BCUT2D eigenvalue weighted by Crippen LogP contribution is 2.23. The third kappa shape index (κ3) is 4.49. The summed E-state index contributed by atoms with van der Waals surface area (Å²) in [5.74, 6) is 0. The van der Waals surface area contributed by atoms with Crippen LogP contribution in [0.5, 0.6) is 0 Å². The molecule has 0 atom stereocenters. The van der Waals surface area contributed by atoms with Crippen molar-refractivity contribution in [1.82, 2.24) is 4.72 Å². The number of hydrogen-bond donors (Lipinski definition) is 2. The molecule has 0 unspecified atom stereocenters. The predicted octanol–water partition coefficient (Wildman–Crippen LogP) is 0.976. The van der Waals surface area contributed by atoms with Gasteiger partial charge in [-0.3, -0.25) is 0 Å². The molecule has 1 aliphatic rings. The molecule has 0 amide bonds. The molecule has 1 fully saturated rings. The van der Waals surface area contributed by atoms with E-state index in [9.17, 15) is 8.42 Å². The van der Waals surface area contributed by atoms with Crippen LogP contribution >= 0.6 is 0 Å². The van der Waals surface area contributed by atoms with Crippen molar-refractivity contribution < 1.29 is 8.42 Å². The van der Waals surface area contributed by atoms with Gasteiger partial charge in [0.15, 0.2) is 0 Å². The van der Waals surface area contributed by atoms with Gasteiger partial charge in [-0.25, -0.2) is 13.1 Å². The van der Waals surface area contributed by atoms with Crippen LogP contribution in [-0.4, -0.2) is 25.8 Å². The van der Waals surface area contributed by atoms with Crippen LogP contribution in [-0.2, 0) is 10.0 Å². The van der Waals surface area contributed by atoms with Gasteiger partial charge >= 0.3 is 0 Å². The first-order chi connectivity index (χ1) is 6.81. The van der Waals surface area contributed by atoms with E-state index in [0.717, 1.165) is 32.1 Å². The molecule has 0 bridgehead atoms. The van der Waals surface area contributed by atoms with E-state index in [2.05, 4.69) is 4.72 Å². The minimum atomic E-state index is -3.15. The number of nitrogens with two attached hydrogens (primary N) is 1. The molecular formula is C10H22N2O2S. The second kappa shape index (κ2) is 4.80. The van der Waals surface area contributed by atoms with Crippen molar-refractivity contribution in [2.75, 3.05) is 6.54 Å². The Labute approximate surface area is 92.7 Å². The summed E-state index contributed by atoms with van der Waals surface area (Å²) in [6.07, 6.45) is 4.80. The number of sulfonamides is 1. The van der Waals surface area contributed by atoms with Gasteiger partial charge in [0.25, 0.3) is 0 Å². The molecule has 1 saturated carbocycles. The highest BCUT2D eigenvalue weighted by atomic mass is 32.2. The molecule has 0 saturated heterocycles. The molecular weight excluding hydrogens is 212 g/mol. The molecule has 90 valence electrons. The number of nitrogens with one attached hydrogen (secondary N) is 1. The summed E-state index contributed by atoms with van der Waals surface area (Å²) in [6.45, 7) is 3.94. The Kier molecular flexibility index (Phi) is 4.14. The van der Waals surface area contributed by atoms with E-state index in [4.69, 9.17) is 5.73 Å². The topological polar surface area (TPSA) is 72.2 Å². The molecule has 0 heterocycles. The fourth-order valence-corrected chi connectivity index (χ4v) is 3.54.